The molecule has 0 bridgehead atoms. The second-order valence-electron chi connectivity index (χ2n) is 5.65. The molecule has 0 amide bonds. The third-order valence-corrected chi connectivity index (χ3v) is 4.03. The first-order valence-electron chi connectivity index (χ1n) is 7.10. The number of unbranched alkanes of at least 4 members (excludes halogenated alkanes) is 1. The number of aryl methyl sites for hydroxylation is 1. The van der Waals surface area contributed by atoms with Crippen molar-refractivity contribution >= 4 is 0 Å². The number of benzene rings is 1. The molecule has 18 heavy (non-hydrogen) atoms. The van der Waals surface area contributed by atoms with Crippen LogP contribution in [0.5, 0.6) is 0 Å². The Morgan fingerprint density at radius 2 is 2.00 bits per heavy atom. The fourth-order valence-electron chi connectivity index (χ4n) is 2.75. The summed E-state index contributed by atoms with van der Waals surface area (Å²) in [6.45, 7) is 6.81. The molecule has 1 atom stereocenters. The second-order valence-corrected chi connectivity index (χ2v) is 5.65. The first-order chi connectivity index (χ1) is 8.65. The van der Waals surface area contributed by atoms with Crippen LogP contribution < -0.4 is 0 Å². The zero-order valence-corrected chi connectivity index (χ0v) is 11.9. The van der Waals surface area contributed by atoms with E-state index in [1.807, 2.05) is 0 Å². The quantitative estimate of drug-likeness (QED) is 0.667. The highest BCUT2D eigenvalue weighted by Gasteiger charge is 2.25. The van der Waals surface area contributed by atoms with Crippen LogP contribution in [0.4, 0.5) is 0 Å². The number of rotatable bonds is 4. The van der Waals surface area contributed by atoms with E-state index in [1.54, 1.807) is 0 Å². The Labute approximate surface area is 111 Å². The average molecular weight is 240 g/mol. The van der Waals surface area contributed by atoms with E-state index in [4.69, 9.17) is 0 Å². The molecule has 1 aliphatic rings. The normalized spacial score (nSPS) is 22.9. The predicted molar refractivity (Wildman–Crippen MR) is 79.9 cm³/mol. The zero-order valence-electron chi connectivity index (χ0n) is 11.9. The molecule has 0 saturated carbocycles. The van der Waals surface area contributed by atoms with Crippen molar-refractivity contribution in [2.75, 3.05) is 0 Å². The van der Waals surface area contributed by atoms with E-state index in [-0.39, 0.29) is 5.41 Å². The molecule has 0 aliphatic heterocycles. The topological polar surface area (TPSA) is 0 Å². The van der Waals surface area contributed by atoms with Crippen molar-refractivity contribution in [1.29, 1.82) is 0 Å². The van der Waals surface area contributed by atoms with Crippen molar-refractivity contribution in [3.05, 3.63) is 59.2 Å². The van der Waals surface area contributed by atoms with Crippen LogP contribution in [-0.2, 0) is 5.41 Å². The van der Waals surface area contributed by atoms with Gasteiger partial charge in [0.2, 0.25) is 0 Å². The second kappa shape index (κ2) is 5.56. The standard InChI is InChI=1S/C18H24/c1-4-5-9-16-11-13-18(3,14-12-16)17-10-7-6-8-15(17)2/h6-8,10-13H,4-5,9,14H2,1-3H3. The highest BCUT2D eigenvalue weighted by atomic mass is 14.3. The minimum absolute atomic E-state index is 0.182. The summed E-state index contributed by atoms with van der Waals surface area (Å²) in [5.41, 5.74) is 4.56. The van der Waals surface area contributed by atoms with E-state index < -0.39 is 0 Å². The summed E-state index contributed by atoms with van der Waals surface area (Å²) in [5.74, 6) is 0. The molecule has 0 fully saturated rings. The fourth-order valence-corrected chi connectivity index (χ4v) is 2.75. The van der Waals surface area contributed by atoms with Gasteiger partial charge in [-0.2, -0.15) is 0 Å². The molecule has 0 nitrogen and oxygen atoms in total. The smallest absolute Gasteiger partial charge is 0.0144 e. The Kier molecular flexibility index (Phi) is 4.06. The van der Waals surface area contributed by atoms with Crippen molar-refractivity contribution in [2.24, 2.45) is 0 Å². The Hall–Kier alpha value is -1.30. The van der Waals surface area contributed by atoms with E-state index in [0.717, 1.165) is 6.42 Å². The van der Waals surface area contributed by atoms with Crippen molar-refractivity contribution in [2.45, 2.75) is 51.9 Å². The molecule has 0 N–H and O–H groups in total. The van der Waals surface area contributed by atoms with Gasteiger partial charge in [0.05, 0.1) is 0 Å². The van der Waals surface area contributed by atoms with Gasteiger partial charge < -0.3 is 0 Å². The summed E-state index contributed by atoms with van der Waals surface area (Å²) in [6, 6.07) is 8.75. The first-order valence-corrected chi connectivity index (χ1v) is 7.10. The molecule has 2 rings (SSSR count). The molecular formula is C18H24. The first kappa shape index (κ1) is 13.1. The molecule has 96 valence electrons. The minimum Gasteiger partial charge on any atom is -0.0801 e. The molecule has 1 aliphatic carbocycles. The van der Waals surface area contributed by atoms with Crippen LogP contribution in [0.25, 0.3) is 0 Å². The maximum atomic E-state index is 2.43. The third-order valence-electron chi connectivity index (χ3n) is 4.03. The van der Waals surface area contributed by atoms with Gasteiger partial charge in [-0.1, -0.05) is 68.3 Å². The molecule has 0 aromatic heterocycles. The van der Waals surface area contributed by atoms with Gasteiger partial charge in [-0.15, -0.1) is 0 Å². The number of hydrogen-bond donors (Lipinski definition) is 0. The Morgan fingerprint density at radius 1 is 1.22 bits per heavy atom. The predicted octanol–water partition coefficient (Wildman–Crippen LogP) is 5.33. The lowest BCUT2D eigenvalue weighted by atomic mass is 9.74. The summed E-state index contributed by atoms with van der Waals surface area (Å²) in [5, 5.41) is 0. The summed E-state index contributed by atoms with van der Waals surface area (Å²) in [4.78, 5) is 0. The van der Waals surface area contributed by atoms with Crippen LogP contribution in [0.1, 0.15) is 50.7 Å². The third kappa shape index (κ3) is 2.75. The van der Waals surface area contributed by atoms with E-state index >= 15 is 0 Å². The van der Waals surface area contributed by atoms with Gasteiger partial charge in [0, 0.05) is 5.41 Å². The molecular weight excluding hydrogens is 216 g/mol. The minimum atomic E-state index is 0.182. The van der Waals surface area contributed by atoms with Crippen molar-refractivity contribution in [3.8, 4) is 0 Å². The van der Waals surface area contributed by atoms with E-state index in [1.165, 1.54) is 36.0 Å². The maximum absolute atomic E-state index is 2.43. The largest absolute Gasteiger partial charge is 0.0801 e. The van der Waals surface area contributed by atoms with Crippen LogP contribution in [0.3, 0.4) is 0 Å². The summed E-state index contributed by atoms with van der Waals surface area (Å²) >= 11 is 0. The van der Waals surface area contributed by atoms with Crippen molar-refractivity contribution < 1.29 is 0 Å². The van der Waals surface area contributed by atoms with Crippen molar-refractivity contribution in [1.82, 2.24) is 0 Å². The van der Waals surface area contributed by atoms with Gasteiger partial charge in [0.25, 0.3) is 0 Å². The monoisotopic (exact) mass is 240 g/mol. The van der Waals surface area contributed by atoms with Crippen LogP contribution in [0.2, 0.25) is 0 Å². The van der Waals surface area contributed by atoms with Crippen LogP contribution in [0, 0.1) is 6.92 Å². The zero-order chi connectivity index (χ0) is 13.0. The van der Waals surface area contributed by atoms with E-state index in [2.05, 4.69) is 63.3 Å². The van der Waals surface area contributed by atoms with Gasteiger partial charge in [-0.3, -0.25) is 0 Å². The van der Waals surface area contributed by atoms with E-state index in [9.17, 15) is 0 Å². The molecule has 1 unspecified atom stereocenters. The molecule has 1 aromatic rings. The van der Waals surface area contributed by atoms with Gasteiger partial charge in [0.1, 0.15) is 0 Å². The number of hydrogen-bond acceptors (Lipinski definition) is 0. The Balaban J connectivity index is 2.15. The lowest BCUT2D eigenvalue weighted by Crippen LogP contribution is -2.21. The molecule has 0 radical (unpaired) electrons. The molecule has 0 saturated heterocycles. The van der Waals surface area contributed by atoms with Crippen LogP contribution >= 0.6 is 0 Å². The van der Waals surface area contributed by atoms with Gasteiger partial charge in [0.15, 0.2) is 0 Å². The molecule has 0 heterocycles. The summed E-state index contributed by atoms with van der Waals surface area (Å²) in [7, 11) is 0. The summed E-state index contributed by atoms with van der Waals surface area (Å²) in [6.07, 6.45) is 12.1. The average Bonchev–Trinajstić information content (AvgIpc) is 2.39. The van der Waals surface area contributed by atoms with Gasteiger partial charge in [-0.05, 0) is 37.3 Å². The Morgan fingerprint density at radius 3 is 2.61 bits per heavy atom. The van der Waals surface area contributed by atoms with Gasteiger partial charge >= 0.3 is 0 Å². The van der Waals surface area contributed by atoms with Crippen LogP contribution in [-0.4, -0.2) is 0 Å². The number of allylic oxidation sites excluding steroid dienone is 4. The molecule has 0 heteroatoms. The molecule has 1 aromatic carbocycles. The van der Waals surface area contributed by atoms with Gasteiger partial charge in [-0.25, -0.2) is 0 Å². The lowest BCUT2D eigenvalue weighted by Gasteiger charge is -2.30. The SMILES string of the molecule is CCCCC1=CCC(C)(c2ccccc2C)C=C1. The van der Waals surface area contributed by atoms with Crippen molar-refractivity contribution in [3.63, 3.8) is 0 Å². The van der Waals surface area contributed by atoms with E-state index in [0.29, 0.717) is 0 Å². The van der Waals surface area contributed by atoms with Crippen LogP contribution in [0.15, 0.2) is 48.1 Å². The fraction of sp³-hybridized carbons (Fsp3) is 0.444. The maximum Gasteiger partial charge on any atom is 0.0144 e. The summed E-state index contributed by atoms with van der Waals surface area (Å²) < 4.78 is 0. The highest BCUT2D eigenvalue weighted by Crippen LogP contribution is 2.36. The highest BCUT2D eigenvalue weighted by molar-refractivity contribution is 5.41. The Bertz CT molecular complexity index is 465. The molecule has 0 spiro atoms. The lowest BCUT2D eigenvalue weighted by molar-refractivity contribution is 0.588.